The van der Waals surface area contributed by atoms with E-state index >= 15 is 0 Å². The summed E-state index contributed by atoms with van der Waals surface area (Å²) in [5.41, 5.74) is -0.417. The fraction of sp³-hybridized carbons (Fsp3) is 0.200. The molecule has 21 heavy (non-hydrogen) atoms. The van der Waals surface area contributed by atoms with Gasteiger partial charge in [-0.1, -0.05) is 12.1 Å². The minimum absolute atomic E-state index is 0.0321. The van der Waals surface area contributed by atoms with Crippen molar-refractivity contribution >= 4 is 0 Å². The van der Waals surface area contributed by atoms with Gasteiger partial charge in [0.25, 0.3) is 0 Å². The Labute approximate surface area is 117 Å². The molecule has 0 aliphatic heterocycles. The van der Waals surface area contributed by atoms with Gasteiger partial charge in [-0.05, 0) is 47.9 Å². The van der Waals surface area contributed by atoms with Gasteiger partial charge in [0.2, 0.25) is 0 Å². The molecule has 112 valence electrons. The average Bonchev–Trinajstić information content (AvgIpc) is 2.40. The van der Waals surface area contributed by atoms with Gasteiger partial charge in [0.15, 0.2) is 0 Å². The molecule has 0 aliphatic rings. The molecule has 0 spiro atoms. The van der Waals surface area contributed by atoms with Crippen LogP contribution in [0.5, 0.6) is 0 Å². The van der Waals surface area contributed by atoms with Gasteiger partial charge in [0.05, 0.1) is 0 Å². The topological polar surface area (TPSA) is 0 Å². The third kappa shape index (κ3) is 3.56. The number of rotatable bonds is 4. The first-order valence-electron chi connectivity index (χ1n) is 5.99. The monoisotopic (exact) mass is 304 g/mol. The minimum Gasteiger partial charge on any atom is -0.207 e. The van der Waals surface area contributed by atoms with Gasteiger partial charge < -0.3 is 0 Å². The van der Waals surface area contributed by atoms with Gasteiger partial charge in [0, 0.05) is 5.56 Å². The first-order chi connectivity index (χ1) is 9.79. The highest BCUT2D eigenvalue weighted by molar-refractivity contribution is 5.32. The number of hydrogen-bond donors (Lipinski definition) is 0. The van der Waals surface area contributed by atoms with Crippen molar-refractivity contribution in [2.75, 3.05) is 0 Å². The van der Waals surface area contributed by atoms with Crippen LogP contribution in [-0.2, 0) is 12.3 Å². The normalized spacial score (nSPS) is 12.0. The number of benzene rings is 2. The maximum Gasteiger partial charge on any atom is 0.332 e. The summed E-state index contributed by atoms with van der Waals surface area (Å²) in [4.78, 5) is 0. The van der Waals surface area contributed by atoms with Crippen LogP contribution in [0.4, 0.5) is 26.3 Å². The van der Waals surface area contributed by atoms with Crippen molar-refractivity contribution < 1.29 is 26.3 Å². The molecular formula is C15H10F6. The molecule has 0 bridgehead atoms. The molecule has 0 amide bonds. The predicted octanol–water partition coefficient (Wildman–Crippen LogP) is 4.91. The van der Waals surface area contributed by atoms with Crippen molar-refractivity contribution in [3.05, 3.63) is 70.8 Å². The van der Waals surface area contributed by atoms with E-state index in [1.165, 1.54) is 24.3 Å². The van der Waals surface area contributed by atoms with E-state index in [1.54, 1.807) is 0 Å². The Hall–Kier alpha value is -1.98. The molecule has 0 saturated heterocycles. The van der Waals surface area contributed by atoms with Gasteiger partial charge >= 0.3 is 12.3 Å². The van der Waals surface area contributed by atoms with E-state index in [0.29, 0.717) is 11.6 Å². The Morgan fingerprint density at radius 1 is 0.810 bits per heavy atom. The molecule has 0 nitrogen and oxygen atoms in total. The molecule has 0 saturated carbocycles. The second-order valence-corrected chi connectivity index (χ2v) is 4.58. The summed E-state index contributed by atoms with van der Waals surface area (Å²) in [5, 5.41) is 0. The number of hydrogen-bond acceptors (Lipinski definition) is 0. The highest BCUT2D eigenvalue weighted by Gasteiger charge is 2.43. The highest BCUT2D eigenvalue weighted by atomic mass is 19.3. The summed E-state index contributed by atoms with van der Waals surface area (Å²) >= 11 is 0. The Balaban J connectivity index is 2.33. The van der Waals surface area contributed by atoms with E-state index in [-0.39, 0.29) is 12.0 Å². The molecule has 6 heteroatoms. The van der Waals surface area contributed by atoms with Crippen molar-refractivity contribution in [2.45, 2.75) is 18.8 Å². The van der Waals surface area contributed by atoms with Crippen LogP contribution in [0.25, 0.3) is 0 Å². The van der Waals surface area contributed by atoms with Crippen molar-refractivity contribution in [1.82, 2.24) is 0 Å². The zero-order valence-electron chi connectivity index (χ0n) is 10.6. The van der Waals surface area contributed by atoms with E-state index in [9.17, 15) is 26.3 Å². The zero-order chi connectivity index (χ0) is 15.6. The van der Waals surface area contributed by atoms with Crippen LogP contribution in [0.2, 0.25) is 0 Å². The van der Waals surface area contributed by atoms with Crippen LogP contribution >= 0.6 is 0 Å². The summed E-state index contributed by atoms with van der Waals surface area (Å²) in [5.74, 6) is -5.91. The molecule has 0 fully saturated rings. The lowest BCUT2D eigenvalue weighted by Crippen LogP contribution is -2.23. The van der Waals surface area contributed by atoms with E-state index < -0.39 is 29.5 Å². The molecule has 0 N–H and O–H groups in total. The van der Waals surface area contributed by atoms with Crippen LogP contribution in [0.1, 0.15) is 16.7 Å². The van der Waals surface area contributed by atoms with E-state index in [2.05, 4.69) is 0 Å². The van der Waals surface area contributed by atoms with E-state index in [4.69, 9.17) is 0 Å². The van der Waals surface area contributed by atoms with Crippen LogP contribution in [-0.4, -0.2) is 6.43 Å². The summed E-state index contributed by atoms with van der Waals surface area (Å²) in [6.45, 7) is 0. The fourth-order valence-electron chi connectivity index (χ4n) is 1.91. The van der Waals surface area contributed by atoms with Gasteiger partial charge in [0.1, 0.15) is 11.6 Å². The van der Waals surface area contributed by atoms with Crippen molar-refractivity contribution in [2.24, 2.45) is 0 Å². The molecule has 0 unspecified atom stereocenters. The predicted molar refractivity (Wildman–Crippen MR) is 65.5 cm³/mol. The third-order valence-electron chi connectivity index (χ3n) is 2.94. The summed E-state index contributed by atoms with van der Waals surface area (Å²) < 4.78 is 77.3. The lowest BCUT2D eigenvalue weighted by molar-refractivity contribution is -0.135. The Morgan fingerprint density at radius 2 is 1.43 bits per heavy atom. The lowest BCUT2D eigenvalue weighted by Gasteiger charge is -2.16. The van der Waals surface area contributed by atoms with E-state index in [0.717, 1.165) is 12.1 Å². The third-order valence-corrected chi connectivity index (χ3v) is 2.94. The van der Waals surface area contributed by atoms with Crippen LogP contribution in [0, 0.1) is 11.6 Å². The van der Waals surface area contributed by atoms with Crippen molar-refractivity contribution in [3.8, 4) is 0 Å². The Morgan fingerprint density at radius 3 is 2.00 bits per heavy atom. The van der Waals surface area contributed by atoms with Crippen molar-refractivity contribution in [3.63, 3.8) is 0 Å². The highest BCUT2D eigenvalue weighted by Crippen LogP contribution is 2.35. The summed E-state index contributed by atoms with van der Waals surface area (Å²) in [6.07, 6.45) is -3.89. The van der Waals surface area contributed by atoms with Gasteiger partial charge in [-0.2, -0.15) is 8.78 Å². The van der Waals surface area contributed by atoms with Gasteiger partial charge in [-0.15, -0.1) is 0 Å². The van der Waals surface area contributed by atoms with Crippen LogP contribution in [0.15, 0.2) is 42.5 Å². The zero-order valence-corrected chi connectivity index (χ0v) is 10.6. The number of halogens is 6. The summed E-state index contributed by atoms with van der Waals surface area (Å²) in [7, 11) is 0. The minimum atomic E-state index is -4.42. The standard InChI is InChI=1S/C15H10F6/c16-12-3-1-9(2-4-12)5-10-6-11(8-13(17)7-10)15(20,21)14(18)19/h1-4,6-8,14H,5H2. The lowest BCUT2D eigenvalue weighted by atomic mass is 10.00. The van der Waals surface area contributed by atoms with Gasteiger partial charge in [-0.3, -0.25) is 0 Å². The maximum atomic E-state index is 13.4. The summed E-state index contributed by atoms with van der Waals surface area (Å²) in [6, 6.07) is 7.36. The average molecular weight is 304 g/mol. The quantitative estimate of drug-likeness (QED) is 0.704. The van der Waals surface area contributed by atoms with Crippen LogP contribution < -0.4 is 0 Å². The molecule has 0 aliphatic carbocycles. The Kier molecular flexibility index (Phi) is 4.25. The molecular weight excluding hydrogens is 294 g/mol. The largest absolute Gasteiger partial charge is 0.332 e. The molecule has 2 aromatic carbocycles. The fourth-order valence-corrected chi connectivity index (χ4v) is 1.91. The first kappa shape index (κ1) is 15.4. The molecule has 2 aromatic rings. The second kappa shape index (κ2) is 5.79. The van der Waals surface area contributed by atoms with E-state index in [1.807, 2.05) is 0 Å². The molecule has 2 rings (SSSR count). The molecule has 0 radical (unpaired) electrons. The SMILES string of the molecule is Fc1ccc(Cc2cc(F)cc(C(F)(F)C(F)F)c2)cc1. The first-order valence-corrected chi connectivity index (χ1v) is 5.99. The Bertz CT molecular complexity index is 619. The molecule has 0 aromatic heterocycles. The maximum absolute atomic E-state index is 13.4. The smallest absolute Gasteiger partial charge is 0.207 e. The molecule has 0 heterocycles. The second-order valence-electron chi connectivity index (χ2n) is 4.58. The molecule has 0 atom stereocenters. The number of alkyl halides is 4. The van der Waals surface area contributed by atoms with Gasteiger partial charge in [-0.25, -0.2) is 17.6 Å². The van der Waals surface area contributed by atoms with Crippen molar-refractivity contribution in [1.29, 1.82) is 0 Å². The van der Waals surface area contributed by atoms with Crippen LogP contribution in [0.3, 0.4) is 0 Å².